The molecule has 1 fully saturated rings. The molecule has 0 bridgehead atoms. The van der Waals surface area contributed by atoms with Crippen molar-refractivity contribution in [3.8, 4) is 0 Å². The lowest BCUT2D eigenvalue weighted by Gasteiger charge is -2.28. The maximum Gasteiger partial charge on any atom is 0.297 e. The highest BCUT2D eigenvalue weighted by Crippen LogP contribution is 2.29. The van der Waals surface area contributed by atoms with E-state index in [1.54, 1.807) is 6.07 Å². The minimum absolute atomic E-state index is 0.0820. The number of fused-ring (bicyclic) bond motifs is 1. The largest absolute Gasteiger partial charge is 0.370 e. The molecule has 0 unspecified atom stereocenters. The van der Waals surface area contributed by atoms with Crippen LogP contribution >= 0.6 is 23.4 Å². The molecule has 1 aliphatic rings. The summed E-state index contributed by atoms with van der Waals surface area (Å²) in [5, 5.41) is 0.699. The Kier molecular flexibility index (Phi) is 3.94. The SMILES string of the molecule is FC(F)c1nc(Cl)c2cc(N3CCSCC3)ccc2n1. The predicted octanol–water partition coefficient (Wildman–Crippen LogP) is 3.77. The van der Waals surface area contributed by atoms with Gasteiger partial charge in [-0.3, -0.25) is 0 Å². The molecule has 0 spiro atoms. The minimum atomic E-state index is -2.71. The van der Waals surface area contributed by atoms with Gasteiger partial charge in [-0.15, -0.1) is 0 Å². The summed E-state index contributed by atoms with van der Waals surface area (Å²) in [6, 6.07) is 5.51. The first-order valence-electron chi connectivity index (χ1n) is 6.23. The van der Waals surface area contributed by atoms with Crippen molar-refractivity contribution < 1.29 is 8.78 Å². The molecule has 20 heavy (non-hydrogen) atoms. The van der Waals surface area contributed by atoms with Crippen molar-refractivity contribution in [3.63, 3.8) is 0 Å². The third-order valence-electron chi connectivity index (χ3n) is 3.22. The highest BCUT2D eigenvalue weighted by molar-refractivity contribution is 7.99. The van der Waals surface area contributed by atoms with Gasteiger partial charge in [-0.2, -0.15) is 11.8 Å². The number of benzene rings is 1. The Balaban J connectivity index is 2.02. The molecule has 0 atom stereocenters. The first-order valence-corrected chi connectivity index (χ1v) is 7.76. The molecule has 2 aromatic rings. The molecule has 0 N–H and O–H groups in total. The van der Waals surface area contributed by atoms with E-state index < -0.39 is 12.2 Å². The second-order valence-electron chi connectivity index (χ2n) is 4.47. The standard InChI is InChI=1S/C13H12ClF2N3S/c14-11-9-7-8(19-3-5-20-6-4-19)1-2-10(9)17-13(18-11)12(15)16/h1-2,7,12H,3-6H2. The third kappa shape index (κ3) is 2.67. The number of rotatable bonds is 2. The Bertz CT molecular complexity index is 632. The summed E-state index contributed by atoms with van der Waals surface area (Å²) in [6.45, 7) is 1.95. The molecule has 1 aliphatic heterocycles. The zero-order chi connectivity index (χ0) is 14.1. The third-order valence-corrected chi connectivity index (χ3v) is 4.45. The number of nitrogens with zero attached hydrogens (tertiary/aromatic N) is 3. The van der Waals surface area contributed by atoms with Crippen molar-refractivity contribution in [1.29, 1.82) is 0 Å². The number of aromatic nitrogens is 2. The zero-order valence-corrected chi connectivity index (χ0v) is 12.1. The van der Waals surface area contributed by atoms with Crippen LogP contribution in [-0.4, -0.2) is 34.6 Å². The molecule has 0 amide bonds. The molecule has 106 valence electrons. The smallest absolute Gasteiger partial charge is 0.297 e. The summed E-state index contributed by atoms with van der Waals surface area (Å²) in [7, 11) is 0. The van der Waals surface area contributed by atoms with Gasteiger partial charge in [0.05, 0.1) is 5.52 Å². The first-order chi connectivity index (χ1) is 9.65. The van der Waals surface area contributed by atoms with Gasteiger partial charge < -0.3 is 4.90 Å². The highest BCUT2D eigenvalue weighted by Gasteiger charge is 2.16. The summed E-state index contributed by atoms with van der Waals surface area (Å²) < 4.78 is 25.3. The van der Waals surface area contributed by atoms with Gasteiger partial charge in [-0.1, -0.05) is 11.6 Å². The van der Waals surface area contributed by atoms with E-state index in [4.69, 9.17) is 11.6 Å². The summed E-state index contributed by atoms with van der Waals surface area (Å²) in [5.41, 5.74) is 1.49. The number of thioether (sulfide) groups is 1. The van der Waals surface area contributed by atoms with E-state index in [2.05, 4.69) is 14.9 Å². The van der Waals surface area contributed by atoms with E-state index in [0.29, 0.717) is 10.9 Å². The van der Waals surface area contributed by atoms with Crippen LogP contribution in [0.15, 0.2) is 18.2 Å². The van der Waals surface area contributed by atoms with E-state index in [0.717, 1.165) is 30.3 Å². The van der Waals surface area contributed by atoms with Gasteiger partial charge in [0.2, 0.25) is 0 Å². The summed E-state index contributed by atoms with van der Waals surface area (Å²) in [6.07, 6.45) is -2.71. The van der Waals surface area contributed by atoms with Crippen molar-refractivity contribution in [2.75, 3.05) is 29.5 Å². The Morgan fingerprint density at radius 1 is 1.20 bits per heavy atom. The molecular formula is C13H12ClF2N3S. The lowest BCUT2D eigenvalue weighted by molar-refractivity contribution is 0.141. The fourth-order valence-corrected chi connectivity index (χ4v) is 3.35. The summed E-state index contributed by atoms with van der Waals surface area (Å²) in [5.74, 6) is 1.66. The van der Waals surface area contributed by atoms with Crippen molar-refractivity contribution in [2.24, 2.45) is 0 Å². The number of anilines is 1. The van der Waals surface area contributed by atoms with Crippen LogP contribution in [0.4, 0.5) is 14.5 Å². The molecule has 0 aliphatic carbocycles. The molecule has 3 rings (SSSR count). The van der Waals surface area contributed by atoms with Gasteiger partial charge in [-0.05, 0) is 18.2 Å². The molecule has 0 saturated carbocycles. The average molecular weight is 316 g/mol. The van der Waals surface area contributed by atoms with E-state index in [9.17, 15) is 8.78 Å². The van der Waals surface area contributed by atoms with Crippen LogP contribution in [-0.2, 0) is 0 Å². The minimum Gasteiger partial charge on any atom is -0.370 e. The Morgan fingerprint density at radius 2 is 1.95 bits per heavy atom. The fraction of sp³-hybridized carbons (Fsp3) is 0.385. The highest BCUT2D eigenvalue weighted by atomic mass is 35.5. The lowest BCUT2D eigenvalue weighted by atomic mass is 10.2. The van der Waals surface area contributed by atoms with Gasteiger partial charge >= 0.3 is 0 Å². The monoisotopic (exact) mass is 315 g/mol. The van der Waals surface area contributed by atoms with Gasteiger partial charge in [0, 0.05) is 35.7 Å². The van der Waals surface area contributed by atoms with Crippen LogP contribution in [0.2, 0.25) is 5.15 Å². The number of alkyl halides is 2. The first kappa shape index (κ1) is 13.8. The molecule has 1 saturated heterocycles. The Morgan fingerprint density at radius 3 is 2.65 bits per heavy atom. The van der Waals surface area contributed by atoms with Crippen LogP contribution in [0.5, 0.6) is 0 Å². The second-order valence-corrected chi connectivity index (χ2v) is 6.06. The number of hydrogen-bond donors (Lipinski definition) is 0. The van der Waals surface area contributed by atoms with Crippen molar-refractivity contribution in [2.45, 2.75) is 6.43 Å². The summed E-state index contributed by atoms with van der Waals surface area (Å²) in [4.78, 5) is 9.78. The van der Waals surface area contributed by atoms with E-state index in [1.807, 2.05) is 23.9 Å². The fourth-order valence-electron chi connectivity index (χ4n) is 2.21. The summed E-state index contributed by atoms with van der Waals surface area (Å²) >= 11 is 7.94. The molecule has 3 nitrogen and oxygen atoms in total. The Labute approximate surface area is 124 Å². The molecule has 7 heteroatoms. The van der Waals surface area contributed by atoms with E-state index in [1.165, 1.54) is 0 Å². The predicted molar refractivity (Wildman–Crippen MR) is 79.0 cm³/mol. The maximum absolute atomic E-state index is 12.7. The topological polar surface area (TPSA) is 29.0 Å². The van der Waals surface area contributed by atoms with Gasteiger partial charge in [-0.25, -0.2) is 18.7 Å². The lowest BCUT2D eigenvalue weighted by Crippen LogP contribution is -2.32. The Hall–Kier alpha value is -1.14. The van der Waals surface area contributed by atoms with Crippen LogP contribution in [0, 0.1) is 0 Å². The van der Waals surface area contributed by atoms with Crippen LogP contribution in [0.3, 0.4) is 0 Å². The molecule has 1 aromatic heterocycles. The van der Waals surface area contributed by atoms with Gasteiger partial charge in [0.15, 0.2) is 5.82 Å². The van der Waals surface area contributed by atoms with E-state index in [-0.39, 0.29) is 5.15 Å². The van der Waals surface area contributed by atoms with Gasteiger partial charge in [0.1, 0.15) is 5.15 Å². The molecule has 2 heterocycles. The normalized spacial score (nSPS) is 16.1. The number of halogens is 3. The van der Waals surface area contributed by atoms with Crippen molar-refractivity contribution >= 4 is 40.0 Å². The molecular weight excluding hydrogens is 304 g/mol. The quantitative estimate of drug-likeness (QED) is 0.789. The molecule has 0 radical (unpaired) electrons. The van der Waals surface area contributed by atoms with Crippen molar-refractivity contribution in [1.82, 2.24) is 9.97 Å². The van der Waals surface area contributed by atoms with Crippen LogP contribution in [0.25, 0.3) is 10.9 Å². The number of hydrogen-bond acceptors (Lipinski definition) is 4. The zero-order valence-electron chi connectivity index (χ0n) is 10.5. The van der Waals surface area contributed by atoms with Crippen LogP contribution in [0.1, 0.15) is 12.2 Å². The van der Waals surface area contributed by atoms with E-state index >= 15 is 0 Å². The maximum atomic E-state index is 12.7. The van der Waals surface area contributed by atoms with Crippen molar-refractivity contribution in [3.05, 3.63) is 29.2 Å². The molecule has 1 aromatic carbocycles. The van der Waals surface area contributed by atoms with Gasteiger partial charge in [0.25, 0.3) is 6.43 Å². The second kappa shape index (κ2) is 5.69. The average Bonchev–Trinajstić information content (AvgIpc) is 2.47. The van der Waals surface area contributed by atoms with Crippen LogP contribution < -0.4 is 4.90 Å².